The standard InChI is InChI=1S/C21H30N4O2.2ClH/c22-15-17-2-1-3-19(17)21(26)23-18-4-5-20-16(14-18)6-7-25(20)9-8-24-10-12-27-13-11-24;;/h4-7,14,17,19H,1-3,8-13,15,22H2,(H,23,26);2*1H/t17-,19-;;/m1../s1. The van der Waals surface area contributed by atoms with E-state index in [4.69, 9.17) is 10.5 Å². The van der Waals surface area contributed by atoms with E-state index in [1.54, 1.807) is 0 Å². The van der Waals surface area contributed by atoms with Gasteiger partial charge in [-0.1, -0.05) is 6.42 Å². The fourth-order valence-corrected chi connectivity index (χ4v) is 4.45. The van der Waals surface area contributed by atoms with Gasteiger partial charge in [0.05, 0.1) is 13.2 Å². The molecule has 4 rings (SSSR count). The number of fused-ring (bicyclic) bond motifs is 1. The monoisotopic (exact) mass is 442 g/mol. The van der Waals surface area contributed by atoms with Crippen LogP contribution in [-0.2, 0) is 16.1 Å². The molecule has 2 aromatic rings. The Kier molecular flexibility index (Phi) is 9.24. The minimum Gasteiger partial charge on any atom is -0.379 e. The van der Waals surface area contributed by atoms with E-state index in [1.807, 2.05) is 6.07 Å². The van der Waals surface area contributed by atoms with Gasteiger partial charge in [0.15, 0.2) is 0 Å². The first kappa shape index (κ1) is 24.0. The zero-order valence-corrected chi connectivity index (χ0v) is 18.4. The van der Waals surface area contributed by atoms with Gasteiger partial charge in [0, 0.05) is 54.9 Å². The second-order valence-electron chi connectivity index (χ2n) is 7.76. The van der Waals surface area contributed by atoms with E-state index in [0.717, 1.165) is 69.7 Å². The molecule has 3 N–H and O–H groups in total. The van der Waals surface area contributed by atoms with Gasteiger partial charge in [-0.25, -0.2) is 0 Å². The molecule has 1 aromatic heterocycles. The minimum atomic E-state index is 0. The van der Waals surface area contributed by atoms with Gasteiger partial charge < -0.3 is 20.4 Å². The molecule has 2 fully saturated rings. The van der Waals surface area contributed by atoms with Crippen molar-refractivity contribution >= 4 is 47.3 Å². The Bertz CT molecular complexity index is 792. The topological polar surface area (TPSA) is 72.5 Å². The summed E-state index contributed by atoms with van der Waals surface area (Å²) in [4.78, 5) is 15.1. The number of hydrogen-bond donors (Lipinski definition) is 2. The number of benzene rings is 1. The van der Waals surface area contributed by atoms with E-state index in [9.17, 15) is 4.79 Å². The number of morpholine rings is 1. The molecule has 1 amide bonds. The second kappa shape index (κ2) is 11.2. The largest absolute Gasteiger partial charge is 0.379 e. The second-order valence-corrected chi connectivity index (χ2v) is 7.76. The van der Waals surface area contributed by atoms with Crippen LogP contribution in [-0.4, -0.2) is 54.8 Å². The molecule has 8 heteroatoms. The first-order valence-electron chi connectivity index (χ1n) is 10.1. The van der Waals surface area contributed by atoms with Crippen molar-refractivity contribution in [2.75, 3.05) is 44.7 Å². The highest BCUT2D eigenvalue weighted by atomic mass is 35.5. The molecule has 1 aromatic carbocycles. The molecule has 2 heterocycles. The number of carbonyl (C=O) groups is 1. The fourth-order valence-electron chi connectivity index (χ4n) is 4.45. The van der Waals surface area contributed by atoms with Crippen molar-refractivity contribution in [3.8, 4) is 0 Å². The molecule has 1 aliphatic heterocycles. The average Bonchev–Trinajstić information content (AvgIpc) is 3.33. The lowest BCUT2D eigenvalue weighted by Gasteiger charge is -2.26. The van der Waals surface area contributed by atoms with Crippen LogP contribution in [0.1, 0.15) is 19.3 Å². The number of anilines is 1. The van der Waals surface area contributed by atoms with Gasteiger partial charge in [-0.15, -0.1) is 24.8 Å². The Balaban J connectivity index is 0.00000150. The van der Waals surface area contributed by atoms with Crippen molar-refractivity contribution in [2.24, 2.45) is 17.6 Å². The van der Waals surface area contributed by atoms with Crippen LogP contribution in [0.3, 0.4) is 0 Å². The van der Waals surface area contributed by atoms with E-state index in [1.165, 1.54) is 5.52 Å². The van der Waals surface area contributed by atoms with E-state index in [2.05, 4.69) is 39.2 Å². The zero-order chi connectivity index (χ0) is 18.6. The normalized spacial score (nSPS) is 22.1. The molecule has 0 spiro atoms. The highest BCUT2D eigenvalue weighted by molar-refractivity contribution is 5.95. The number of halogens is 2. The highest BCUT2D eigenvalue weighted by Crippen LogP contribution is 2.32. The zero-order valence-electron chi connectivity index (χ0n) is 16.7. The van der Waals surface area contributed by atoms with Crippen molar-refractivity contribution in [3.63, 3.8) is 0 Å². The maximum atomic E-state index is 12.6. The quantitative estimate of drug-likeness (QED) is 0.720. The van der Waals surface area contributed by atoms with Gasteiger partial charge >= 0.3 is 0 Å². The summed E-state index contributed by atoms with van der Waals surface area (Å²) >= 11 is 0. The van der Waals surface area contributed by atoms with Crippen molar-refractivity contribution in [3.05, 3.63) is 30.5 Å². The van der Waals surface area contributed by atoms with Gasteiger partial charge in [0.1, 0.15) is 0 Å². The lowest BCUT2D eigenvalue weighted by Crippen LogP contribution is -2.38. The van der Waals surface area contributed by atoms with Crippen LogP contribution in [0.2, 0.25) is 0 Å². The first-order valence-corrected chi connectivity index (χ1v) is 10.1. The third-order valence-electron chi connectivity index (χ3n) is 6.10. The van der Waals surface area contributed by atoms with Crippen molar-refractivity contribution in [1.29, 1.82) is 0 Å². The van der Waals surface area contributed by atoms with Crippen LogP contribution in [0, 0.1) is 11.8 Å². The van der Waals surface area contributed by atoms with Gasteiger partial charge in [-0.05, 0) is 49.6 Å². The first-order chi connectivity index (χ1) is 13.2. The third kappa shape index (κ3) is 5.64. The molecular weight excluding hydrogens is 411 g/mol. The molecule has 1 saturated carbocycles. The number of rotatable bonds is 6. The summed E-state index contributed by atoms with van der Waals surface area (Å²) in [5.41, 5.74) is 7.91. The molecule has 0 unspecified atom stereocenters. The number of nitrogens with one attached hydrogen (secondary N) is 1. The Morgan fingerprint density at radius 3 is 2.69 bits per heavy atom. The lowest BCUT2D eigenvalue weighted by atomic mass is 9.95. The Labute approximate surface area is 184 Å². The summed E-state index contributed by atoms with van der Waals surface area (Å²) in [6.45, 7) is 6.30. The van der Waals surface area contributed by atoms with Crippen LogP contribution < -0.4 is 11.1 Å². The van der Waals surface area contributed by atoms with E-state index < -0.39 is 0 Å². The van der Waals surface area contributed by atoms with Gasteiger partial charge in [-0.2, -0.15) is 0 Å². The maximum Gasteiger partial charge on any atom is 0.227 e. The molecule has 0 radical (unpaired) electrons. The van der Waals surface area contributed by atoms with Gasteiger partial charge in [0.2, 0.25) is 5.91 Å². The summed E-state index contributed by atoms with van der Waals surface area (Å²) in [5.74, 6) is 0.507. The minimum absolute atomic E-state index is 0. The van der Waals surface area contributed by atoms with E-state index >= 15 is 0 Å². The number of hydrogen-bond acceptors (Lipinski definition) is 4. The average molecular weight is 443 g/mol. The number of nitrogens with zero attached hydrogens (tertiary/aromatic N) is 2. The Morgan fingerprint density at radius 2 is 1.93 bits per heavy atom. The van der Waals surface area contributed by atoms with E-state index in [-0.39, 0.29) is 36.6 Å². The third-order valence-corrected chi connectivity index (χ3v) is 6.10. The SMILES string of the molecule is Cl.Cl.NC[C@H]1CCC[C@H]1C(=O)Nc1ccc2c(ccn2CCN2CCOCC2)c1. The molecule has 2 atom stereocenters. The molecule has 1 saturated heterocycles. The summed E-state index contributed by atoms with van der Waals surface area (Å²) in [7, 11) is 0. The molecule has 162 valence electrons. The number of nitrogens with two attached hydrogens (primary N) is 1. The Hall–Kier alpha value is -1.31. The summed E-state index contributed by atoms with van der Waals surface area (Å²) < 4.78 is 7.70. The number of amides is 1. The van der Waals surface area contributed by atoms with Crippen molar-refractivity contribution < 1.29 is 9.53 Å². The van der Waals surface area contributed by atoms with Crippen molar-refractivity contribution in [1.82, 2.24) is 9.47 Å². The molecule has 0 bridgehead atoms. The predicted octanol–water partition coefficient (Wildman–Crippen LogP) is 3.13. The lowest BCUT2D eigenvalue weighted by molar-refractivity contribution is -0.120. The fraction of sp³-hybridized carbons (Fsp3) is 0.571. The molecule has 1 aliphatic carbocycles. The van der Waals surface area contributed by atoms with Crippen LogP contribution in [0.15, 0.2) is 30.5 Å². The van der Waals surface area contributed by atoms with Crippen LogP contribution in [0.4, 0.5) is 5.69 Å². The van der Waals surface area contributed by atoms with Crippen LogP contribution in [0.5, 0.6) is 0 Å². The van der Waals surface area contributed by atoms with Crippen LogP contribution in [0.25, 0.3) is 10.9 Å². The molecule has 2 aliphatic rings. The summed E-state index contributed by atoms with van der Waals surface area (Å²) in [6, 6.07) is 8.32. The van der Waals surface area contributed by atoms with Gasteiger partial charge in [0.25, 0.3) is 0 Å². The highest BCUT2D eigenvalue weighted by Gasteiger charge is 2.31. The molecule has 6 nitrogen and oxygen atoms in total. The number of carbonyl (C=O) groups excluding carboxylic acids is 1. The summed E-state index contributed by atoms with van der Waals surface area (Å²) in [5, 5.41) is 4.27. The smallest absolute Gasteiger partial charge is 0.227 e. The van der Waals surface area contributed by atoms with Crippen LogP contribution >= 0.6 is 24.8 Å². The molecule has 29 heavy (non-hydrogen) atoms. The summed E-state index contributed by atoms with van der Waals surface area (Å²) in [6.07, 6.45) is 5.26. The van der Waals surface area contributed by atoms with Gasteiger partial charge in [-0.3, -0.25) is 9.69 Å². The molecular formula is C21H32Cl2N4O2. The number of aromatic nitrogens is 1. The van der Waals surface area contributed by atoms with Crippen molar-refractivity contribution in [2.45, 2.75) is 25.8 Å². The Morgan fingerprint density at radius 1 is 1.14 bits per heavy atom. The van der Waals surface area contributed by atoms with E-state index in [0.29, 0.717) is 12.5 Å². The maximum absolute atomic E-state index is 12.6. The predicted molar refractivity (Wildman–Crippen MR) is 122 cm³/mol. The number of ether oxygens (including phenoxy) is 1.